The molecule has 2 saturated heterocycles. The number of amides is 1. The lowest BCUT2D eigenvalue weighted by molar-refractivity contribution is -0.375. The third-order valence-corrected chi connectivity index (χ3v) is 5.55. The van der Waals surface area contributed by atoms with Crippen LogP contribution < -0.4 is 5.32 Å². The normalized spacial score (nSPS) is 34.2. The molecule has 16 heteroatoms. The first-order valence-corrected chi connectivity index (χ1v) is 11.8. The quantitative estimate of drug-likeness (QED) is 0.120. The smallest absolute Gasteiger partial charge is 0.303 e. The molecular weight excluding hydrogens is 530 g/mol. The van der Waals surface area contributed by atoms with Gasteiger partial charge in [0.1, 0.15) is 37.1 Å². The minimum Gasteiger partial charge on any atom is -0.463 e. The molecule has 0 radical (unpaired) electrons. The molecule has 0 aromatic heterocycles. The summed E-state index contributed by atoms with van der Waals surface area (Å²) in [6.07, 6.45) is -15.1. The Morgan fingerprint density at radius 1 is 0.744 bits per heavy atom. The van der Waals surface area contributed by atoms with Gasteiger partial charge in [0.05, 0.1) is 0 Å². The zero-order valence-electron chi connectivity index (χ0n) is 21.7. The third-order valence-electron chi connectivity index (χ3n) is 5.55. The number of carbonyl (C=O) groups is 5. The van der Waals surface area contributed by atoms with Crippen LogP contribution in [-0.4, -0.2) is 120 Å². The van der Waals surface area contributed by atoms with Gasteiger partial charge in [0.25, 0.3) is 0 Å². The Labute approximate surface area is 223 Å². The van der Waals surface area contributed by atoms with Crippen LogP contribution in [0.3, 0.4) is 0 Å². The average molecular weight is 564 g/mol. The van der Waals surface area contributed by atoms with Crippen molar-refractivity contribution in [3.05, 3.63) is 12.7 Å². The lowest BCUT2D eigenvalue weighted by Crippen LogP contribution is -2.66. The van der Waals surface area contributed by atoms with Gasteiger partial charge >= 0.3 is 23.9 Å². The van der Waals surface area contributed by atoms with E-state index in [1.807, 2.05) is 0 Å². The Morgan fingerprint density at radius 3 is 1.82 bits per heavy atom. The first-order chi connectivity index (χ1) is 18.2. The highest BCUT2D eigenvalue weighted by atomic mass is 16.8. The molecule has 10 atom stereocenters. The molecule has 2 heterocycles. The Kier molecular flexibility index (Phi) is 11.8. The summed E-state index contributed by atoms with van der Waals surface area (Å²) >= 11 is 0. The largest absolute Gasteiger partial charge is 0.463 e. The fourth-order valence-corrected chi connectivity index (χ4v) is 3.90. The van der Waals surface area contributed by atoms with Crippen LogP contribution in [0, 0.1) is 0 Å². The maximum atomic E-state index is 11.9. The molecule has 16 nitrogen and oxygen atoms in total. The fourth-order valence-electron chi connectivity index (χ4n) is 3.90. The molecule has 0 aromatic carbocycles. The number of ether oxygens (including phenoxy) is 7. The maximum absolute atomic E-state index is 11.9. The molecule has 4 N–H and O–H groups in total. The van der Waals surface area contributed by atoms with Gasteiger partial charge in [-0.2, -0.15) is 0 Å². The number of carbonyl (C=O) groups excluding carboxylic acids is 5. The Balaban J connectivity index is 2.41. The Bertz CT molecular complexity index is 925. The summed E-state index contributed by atoms with van der Waals surface area (Å²) in [6, 6.07) is 0. The molecule has 0 saturated carbocycles. The zero-order valence-corrected chi connectivity index (χ0v) is 21.7. The lowest BCUT2D eigenvalue weighted by atomic mass is 9.97. The van der Waals surface area contributed by atoms with Crippen LogP contribution in [0.2, 0.25) is 0 Å². The van der Waals surface area contributed by atoms with E-state index in [0.717, 1.165) is 33.8 Å². The highest BCUT2D eigenvalue weighted by Gasteiger charge is 2.55. The van der Waals surface area contributed by atoms with E-state index in [0.29, 0.717) is 0 Å². The second-order valence-corrected chi connectivity index (χ2v) is 8.67. The van der Waals surface area contributed by atoms with Gasteiger partial charge in [-0.05, 0) is 6.08 Å². The van der Waals surface area contributed by atoms with Crippen molar-refractivity contribution < 1.29 is 72.5 Å². The molecule has 0 bridgehead atoms. The lowest BCUT2D eigenvalue weighted by Gasteiger charge is -2.46. The van der Waals surface area contributed by atoms with E-state index in [1.165, 1.54) is 0 Å². The van der Waals surface area contributed by atoms with Crippen molar-refractivity contribution in [3.8, 4) is 0 Å². The van der Waals surface area contributed by atoms with Crippen LogP contribution in [-0.2, 0) is 57.1 Å². The van der Waals surface area contributed by atoms with Gasteiger partial charge in [0.15, 0.2) is 24.6 Å². The minimum absolute atomic E-state index is 0.325. The summed E-state index contributed by atoms with van der Waals surface area (Å²) in [6.45, 7) is 6.67. The van der Waals surface area contributed by atoms with Crippen molar-refractivity contribution in [2.75, 3.05) is 13.2 Å². The second-order valence-electron chi connectivity index (χ2n) is 8.67. The van der Waals surface area contributed by atoms with Crippen molar-refractivity contribution in [1.29, 1.82) is 0 Å². The predicted molar refractivity (Wildman–Crippen MR) is 123 cm³/mol. The number of aliphatic hydroxyl groups excluding tert-OH is 3. The Hall–Kier alpha value is -3.15. The van der Waals surface area contributed by atoms with E-state index in [1.54, 1.807) is 0 Å². The van der Waals surface area contributed by atoms with E-state index in [9.17, 15) is 39.3 Å². The zero-order chi connectivity index (χ0) is 29.4. The first-order valence-electron chi connectivity index (χ1n) is 11.8. The predicted octanol–water partition coefficient (Wildman–Crippen LogP) is -2.80. The number of hydrogen-bond donors (Lipinski definition) is 4. The molecule has 0 aliphatic carbocycles. The highest BCUT2D eigenvalue weighted by Crippen LogP contribution is 2.32. The van der Waals surface area contributed by atoms with Crippen molar-refractivity contribution >= 4 is 29.8 Å². The summed E-state index contributed by atoms with van der Waals surface area (Å²) < 4.78 is 37.8. The van der Waals surface area contributed by atoms with Crippen LogP contribution in [0.1, 0.15) is 27.7 Å². The standard InChI is InChI=1S/C23H33NO15/c1-6-15(29)24-7-13-16(30)17(31)18(32)22(37-13)39-23-21(36-12(5)28)20(35-11(4)27)19(34-10(3)26)14(38-23)8-33-9(2)25/h6,13-14,16-23,30-32H,1,7-8H2,2-5H3,(H,24,29)/t13?,14-,16-,17+,18-,19-,20+,21-,22-,23-/m1/s1. The number of esters is 4. The second kappa shape index (κ2) is 14.3. The van der Waals surface area contributed by atoms with Crippen LogP contribution in [0.25, 0.3) is 0 Å². The van der Waals surface area contributed by atoms with Crippen molar-refractivity contribution in [2.45, 2.75) is 89.1 Å². The molecular formula is C23H33NO15. The van der Waals surface area contributed by atoms with Gasteiger partial charge in [-0.25, -0.2) is 0 Å². The third kappa shape index (κ3) is 8.94. The Morgan fingerprint density at radius 2 is 1.28 bits per heavy atom. The van der Waals surface area contributed by atoms with Gasteiger partial charge in [-0.15, -0.1) is 0 Å². The van der Waals surface area contributed by atoms with E-state index in [4.69, 9.17) is 33.2 Å². The minimum atomic E-state index is -1.88. The van der Waals surface area contributed by atoms with E-state index in [-0.39, 0.29) is 6.54 Å². The molecule has 1 unspecified atom stereocenters. The van der Waals surface area contributed by atoms with Gasteiger partial charge in [0, 0.05) is 34.2 Å². The summed E-state index contributed by atoms with van der Waals surface area (Å²) in [5.41, 5.74) is 0. The van der Waals surface area contributed by atoms with E-state index < -0.39 is 97.8 Å². The molecule has 2 rings (SSSR count). The topological polar surface area (TPSA) is 223 Å². The SMILES string of the molecule is C=CC(=O)NCC1O[C@H](O[C@H]2O[C@H](COC(C)=O)[C@@H](OC(C)=O)[C@H](OC(C)=O)[C@H]2OC(C)=O)[C@H](O)[C@@H](O)[C@@H]1O. The number of rotatable bonds is 10. The molecule has 2 aliphatic heterocycles. The summed E-state index contributed by atoms with van der Waals surface area (Å²) in [4.78, 5) is 58.7. The summed E-state index contributed by atoms with van der Waals surface area (Å²) in [7, 11) is 0. The van der Waals surface area contributed by atoms with Crippen LogP contribution in [0.15, 0.2) is 12.7 Å². The van der Waals surface area contributed by atoms with Gasteiger partial charge < -0.3 is 53.8 Å². The van der Waals surface area contributed by atoms with Crippen LogP contribution >= 0.6 is 0 Å². The molecule has 2 fully saturated rings. The average Bonchev–Trinajstić information content (AvgIpc) is 2.84. The highest BCUT2D eigenvalue weighted by molar-refractivity contribution is 5.86. The fraction of sp³-hybridized carbons (Fsp3) is 0.696. The van der Waals surface area contributed by atoms with Gasteiger partial charge in [-0.1, -0.05) is 6.58 Å². The summed E-state index contributed by atoms with van der Waals surface area (Å²) in [5, 5.41) is 33.5. The molecule has 2 aliphatic rings. The van der Waals surface area contributed by atoms with Crippen LogP contribution in [0.4, 0.5) is 0 Å². The molecule has 0 aromatic rings. The van der Waals surface area contributed by atoms with Gasteiger partial charge in [-0.3, -0.25) is 24.0 Å². The van der Waals surface area contributed by atoms with E-state index >= 15 is 0 Å². The van der Waals surface area contributed by atoms with Crippen molar-refractivity contribution in [2.24, 2.45) is 0 Å². The monoisotopic (exact) mass is 563 g/mol. The van der Waals surface area contributed by atoms with Gasteiger partial charge in [0.2, 0.25) is 12.2 Å². The van der Waals surface area contributed by atoms with Crippen molar-refractivity contribution in [1.82, 2.24) is 5.32 Å². The summed E-state index contributed by atoms with van der Waals surface area (Å²) in [5.74, 6) is -3.92. The molecule has 0 spiro atoms. The number of aliphatic hydroxyl groups is 3. The first kappa shape index (κ1) is 32.1. The van der Waals surface area contributed by atoms with Crippen LogP contribution in [0.5, 0.6) is 0 Å². The van der Waals surface area contributed by atoms with E-state index in [2.05, 4.69) is 11.9 Å². The molecule has 1 amide bonds. The maximum Gasteiger partial charge on any atom is 0.303 e. The number of hydrogen-bond acceptors (Lipinski definition) is 15. The molecule has 39 heavy (non-hydrogen) atoms. The van der Waals surface area contributed by atoms with Crippen molar-refractivity contribution in [3.63, 3.8) is 0 Å². The number of nitrogens with one attached hydrogen (secondary N) is 1. The molecule has 220 valence electrons.